The third kappa shape index (κ3) is 10.1. The number of carbonyl (C=O) groups excluding carboxylic acids is 1. The van der Waals surface area contributed by atoms with Gasteiger partial charge in [-0.2, -0.15) is 0 Å². The molecule has 2 aliphatic carbocycles. The summed E-state index contributed by atoms with van der Waals surface area (Å²) in [5.74, 6) is 1.91. The molecule has 1 aromatic rings. The molecule has 6 atom stereocenters. The molecule has 0 bridgehead atoms. The van der Waals surface area contributed by atoms with Gasteiger partial charge in [-0.1, -0.05) is 67.5 Å². The van der Waals surface area contributed by atoms with Gasteiger partial charge >= 0.3 is 5.97 Å². The van der Waals surface area contributed by atoms with Crippen LogP contribution in [0.5, 0.6) is 5.75 Å². The number of rotatable bonds is 17. The van der Waals surface area contributed by atoms with Gasteiger partial charge in [0.1, 0.15) is 30.2 Å². The lowest BCUT2D eigenvalue weighted by Gasteiger charge is -2.26. The fourth-order valence-corrected chi connectivity index (χ4v) is 7.57. The lowest BCUT2D eigenvalue weighted by Crippen LogP contribution is -2.35. The molecule has 51 heavy (non-hydrogen) atoms. The van der Waals surface area contributed by atoms with E-state index >= 15 is 0 Å². The molecule has 0 amide bonds. The summed E-state index contributed by atoms with van der Waals surface area (Å²) in [6, 6.07) is 7.71. The van der Waals surface area contributed by atoms with Crippen molar-refractivity contribution in [3.05, 3.63) is 90.6 Å². The monoisotopic (exact) mass is 700 g/mol. The van der Waals surface area contributed by atoms with Gasteiger partial charge in [-0.3, -0.25) is 0 Å². The molecule has 4 fully saturated rings. The predicted octanol–water partition coefficient (Wildman–Crippen LogP) is 8.47. The Morgan fingerprint density at radius 1 is 1.00 bits per heavy atom. The third-order valence-corrected chi connectivity index (χ3v) is 10.4. The number of terminal acetylenes is 1. The van der Waals surface area contributed by atoms with E-state index in [-0.39, 0.29) is 18.6 Å². The molecule has 276 valence electrons. The summed E-state index contributed by atoms with van der Waals surface area (Å²) < 4.78 is 43.4. The summed E-state index contributed by atoms with van der Waals surface area (Å²) in [5, 5.41) is 0. The Labute approximate surface area is 304 Å². The van der Waals surface area contributed by atoms with E-state index < -0.39 is 42.0 Å². The van der Waals surface area contributed by atoms with Crippen molar-refractivity contribution in [3.8, 4) is 18.1 Å². The maximum absolute atomic E-state index is 12.9. The van der Waals surface area contributed by atoms with Crippen LogP contribution in [-0.2, 0) is 39.8 Å². The van der Waals surface area contributed by atoms with Gasteiger partial charge in [0.2, 0.25) is 0 Å². The summed E-state index contributed by atoms with van der Waals surface area (Å²) in [7, 11) is 1.64. The zero-order chi connectivity index (χ0) is 36.4. The van der Waals surface area contributed by atoms with Gasteiger partial charge in [0.25, 0.3) is 0 Å². The summed E-state index contributed by atoms with van der Waals surface area (Å²) in [6.07, 6.45) is 20.7. The maximum atomic E-state index is 12.9. The fourth-order valence-electron chi connectivity index (χ4n) is 7.57. The Morgan fingerprint density at radius 3 is 2.27 bits per heavy atom. The van der Waals surface area contributed by atoms with Crippen LogP contribution in [0.1, 0.15) is 90.0 Å². The highest BCUT2D eigenvalue weighted by molar-refractivity contribution is 5.82. The van der Waals surface area contributed by atoms with Crippen molar-refractivity contribution in [2.24, 2.45) is 5.92 Å². The molecule has 2 spiro atoms. The average Bonchev–Trinajstić information content (AvgIpc) is 3.92. The molecule has 5 rings (SSSR count). The van der Waals surface area contributed by atoms with Gasteiger partial charge in [-0.15, -0.1) is 13.0 Å². The Hall–Kier alpha value is -3.45. The van der Waals surface area contributed by atoms with Crippen molar-refractivity contribution >= 4 is 5.97 Å². The average molecular weight is 701 g/mol. The van der Waals surface area contributed by atoms with E-state index in [4.69, 9.17) is 39.6 Å². The summed E-state index contributed by atoms with van der Waals surface area (Å²) in [4.78, 5) is 12.9. The molecule has 2 heterocycles. The smallest absolute Gasteiger partial charge is 0.331 e. The van der Waals surface area contributed by atoms with Crippen molar-refractivity contribution < 1.29 is 38.0 Å². The van der Waals surface area contributed by atoms with Crippen LogP contribution in [0.4, 0.5) is 0 Å². The number of hydrogen-bond acceptors (Lipinski definition) is 8. The van der Waals surface area contributed by atoms with Crippen LogP contribution in [0.3, 0.4) is 0 Å². The molecule has 4 aliphatic rings. The SMILES string of the molecule is C#C[C@H]1OC2(CCCC2)O[C@@H]1C(=C)[C@H]1OC2(CCCC2)O[C@@H]1/C=C/CC(=C)C[C@@H](C)[C@@H](COCc1ccc(OC)cc1)OC(=O)/C=C(/C)CC=C. The number of carbonyl (C=O) groups is 1. The molecular weight excluding hydrogens is 644 g/mol. The van der Waals surface area contributed by atoms with E-state index in [2.05, 4.69) is 44.7 Å². The van der Waals surface area contributed by atoms with Gasteiger partial charge in [0.15, 0.2) is 17.7 Å². The normalized spacial score (nSPS) is 26.4. The first-order valence-corrected chi connectivity index (χ1v) is 18.5. The van der Waals surface area contributed by atoms with Crippen LogP contribution in [0, 0.1) is 18.3 Å². The minimum absolute atomic E-state index is 0.0395. The number of allylic oxidation sites excluding steroid dienone is 4. The van der Waals surface area contributed by atoms with Crippen LogP contribution < -0.4 is 4.74 Å². The highest BCUT2D eigenvalue weighted by Crippen LogP contribution is 2.48. The standard InChI is InChI=1S/C43H56O8/c1-8-15-30(3)27-39(44)47-38(29-46-28-34-18-20-35(45-7)21-19-34)32(5)26-31(4)16-14-17-37-41(51-43(49-37)24-12-13-25-43)33(6)40-36(9-2)48-42(50-40)22-10-11-23-42/h2,8,14,17-21,27,32,36-38,40-41H,1,4,6,10-13,15-16,22-26,28-29H2,3,5,7H3/b17-14+,30-27-/t32-,36-,37-,38-,40-,41-/m1/s1. The predicted molar refractivity (Wildman–Crippen MR) is 198 cm³/mol. The molecule has 1 aromatic carbocycles. The van der Waals surface area contributed by atoms with Crippen LogP contribution >= 0.6 is 0 Å². The summed E-state index contributed by atoms with van der Waals surface area (Å²) in [6.45, 7) is 17.2. The second kappa shape index (κ2) is 17.9. The molecule has 2 aliphatic heterocycles. The van der Waals surface area contributed by atoms with E-state index in [1.54, 1.807) is 13.2 Å². The number of esters is 1. The fraction of sp³-hybridized carbons (Fsp3) is 0.558. The number of methoxy groups -OCH3 is 1. The molecule has 0 radical (unpaired) electrons. The van der Waals surface area contributed by atoms with Crippen LogP contribution in [-0.4, -0.2) is 61.8 Å². The zero-order valence-corrected chi connectivity index (χ0v) is 30.7. The van der Waals surface area contributed by atoms with Crippen molar-refractivity contribution in [3.63, 3.8) is 0 Å². The van der Waals surface area contributed by atoms with Gasteiger partial charge in [0, 0.05) is 31.8 Å². The van der Waals surface area contributed by atoms with Gasteiger partial charge in [-0.05, 0) is 81.1 Å². The van der Waals surface area contributed by atoms with Gasteiger partial charge in [0.05, 0.1) is 20.3 Å². The van der Waals surface area contributed by atoms with E-state index in [9.17, 15) is 4.79 Å². The zero-order valence-electron chi connectivity index (χ0n) is 30.7. The molecule has 2 saturated heterocycles. The highest BCUT2D eigenvalue weighted by atomic mass is 16.8. The van der Waals surface area contributed by atoms with Crippen LogP contribution in [0.15, 0.2) is 85.0 Å². The lowest BCUT2D eigenvalue weighted by atomic mass is 9.94. The second-order valence-electron chi connectivity index (χ2n) is 14.6. The molecule has 0 unspecified atom stereocenters. The van der Waals surface area contributed by atoms with Crippen molar-refractivity contribution in [1.82, 2.24) is 0 Å². The van der Waals surface area contributed by atoms with E-state index in [0.717, 1.165) is 79.4 Å². The first-order chi connectivity index (χ1) is 24.6. The largest absolute Gasteiger partial charge is 0.497 e. The first kappa shape index (κ1) is 38.8. The first-order valence-electron chi connectivity index (χ1n) is 18.5. The van der Waals surface area contributed by atoms with E-state index in [0.29, 0.717) is 25.9 Å². The summed E-state index contributed by atoms with van der Waals surface area (Å²) >= 11 is 0. The maximum Gasteiger partial charge on any atom is 0.331 e. The minimum atomic E-state index is -0.622. The number of benzene rings is 1. The molecular formula is C43H56O8. The molecule has 0 N–H and O–H groups in total. The quantitative estimate of drug-likeness (QED) is 0.0693. The Balaban J connectivity index is 1.20. The van der Waals surface area contributed by atoms with Crippen molar-refractivity contribution in [1.29, 1.82) is 0 Å². The lowest BCUT2D eigenvalue weighted by molar-refractivity contribution is -0.169. The minimum Gasteiger partial charge on any atom is -0.497 e. The van der Waals surface area contributed by atoms with E-state index in [1.807, 2.05) is 31.2 Å². The molecule has 8 heteroatoms. The van der Waals surface area contributed by atoms with Crippen molar-refractivity contribution in [2.75, 3.05) is 13.7 Å². The third-order valence-electron chi connectivity index (χ3n) is 10.4. The second-order valence-corrected chi connectivity index (χ2v) is 14.6. The van der Waals surface area contributed by atoms with Gasteiger partial charge in [-0.25, -0.2) is 4.79 Å². The number of hydrogen-bond donors (Lipinski definition) is 0. The van der Waals surface area contributed by atoms with Crippen LogP contribution in [0.2, 0.25) is 0 Å². The topological polar surface area (TPSA) is 81.7 Å². The number of ether oxygens (including phenoxy) is 7. The van der Waals surface area contributed by atoms with E-state index in [1.165, 1.54) is 6.08 Å². The Morgan fingerprint density at radius 2 is 1.65 bits per heavy atom. The van der Waals surface area contributed by atoms with Gasteiger partial charge < -0.3 is 33.2 Å². The molecule has 8 nitrogen and oxygen atoms in total. The van der Waals surface area contributed by atoms with Crippen molar-refractivity contribution in [2.45, 2.75) is 133 Å². The molecule has 2 saturated carbocycles. The summed E-state index contributed by atoms with van der Waals surface area (Å²) in [5.41, 5.74) is 3.65. The highest BCUT2D eigenvalue weighted by Gasteiger charge is 2.55. The Kier molecular flexibility index (Phi) is 13.6. The molecule has 0 aromatic heterocycles. The Bertz CT molecular complexity index is 1470. The van der Waals surface area contributed by atoms with Crippen LogP contribution in [0.25, 0.3) is 0 Å².